The van der Waals surface area contributed by atoms with E-state index < -0.39 is 5.97 Å². The first-order valence-electron chi connectivity index (χ1n) is 8.29. The smallest absolute Gasteiger partial charge is 0.335 e. The molecule has 0 aliphatic carbocycles. The van der Waals surface area contributed by atoms with Gasteiger partial charge in [0, 0.05) is 31.9 Å². The van der Waals surface area contributed by atoms with Gasteiger partial charge in [0.1, 0.15) is 0 Å². The number of carboxylic acids is 1. The van der Waals surface area contributed by atoms with Gasteiger partial charge in [0.2, 0.25) is 0 Å². The Hall–Kier alpha value is -2.57. The van der Waals surface area contributed by atoms with E-state index in [1.165, 1.54) is 0 Å². The molecule has 0 bridgehead atoms. The highest BCUT2D eigenvalue weighted by atomic mass is 35.5. The van der Waals surface area contributed by atoms with Gasteiger partial charge >= 0.3 is 12.0 Å². The summed E-state index contributed by atoms with van der Waals surface area (Å²) in [5.41, 5.74) is 1.95. The fourth-order valence-corrected chi connectivity index (χ4v) is 2.84. The second kappa shape index (κ2) is 9.22. The molecule has 0 atom stereocenters. The van der Waals surface area contributed by atoms with Gasteiger partial charge in [-0.3, -0.25) is 4.90 Å². The quantitative estimate of drug-likeness (QED) is 0.861. The Morgan fingerprint density at radius 2 is 1.62 bits per heavy atom. The van der Waals surface area contributed by atoms with Gasteiger partial charge in [-0.05, 0) is 29.8 Å². The number of para-hydroxylation sites is 1. The Kier molecular flexibility index (Phi) is 7.00. The lowest BCUT2D eigenvalue weighted by Crippen LogP contribution is -2.51. The third-order valence-electron chi connectivity index (χ3n) is 4.23. The van der Waals surface area contributed by atoms with E-state index in [0.717, 1.165) is 24.3 Å². The zero-order chi connectivity index (χ0) is 17.6. The van der Waals surface area contributed by atoms with Crippen LogP contribution in [0, 0.1) is 0 Å². The Morgan fingerprint density at radius 1 is 1.00 bits per heavy atom. The van der Waals surface area contributed by atoms with Crippen molar-refractivity contribution in [2.24, 2.45) is 0 Å². The van der Waals surface area contributed by atoms with Gasteiger partial charge < -0.3 is 15.3 Å². The zero-order valence-electron chi connectivity index (χ0n) is 14.3. The molecule has 1 aliphatic rings. The maximum atomic E-state index is 13.0. The minimum Gasteiger partial charge on any atom is -0.478 e. The van der Waals surface area contributed by atoms with E-state index in [4.69, 9.17) is 5.11 Å². The van der Waals surface area contributed by atoms with Gasteiger partial charge in [0.05, 0.1) is 12.1 Å². The number of nitrogens with one attached hydrogen (secondary N) is 1. The predicted octanol–water partition coefficient (Wildman–Crippen LogP) is 2.84. The number of carboxylic acid groups (broad SMARTS) is 1. The van der Waals surface area contributed by atoms with E-state index in [-0.39, 0.29) is 24.0 Å². The molecule has 1 fully saturated rings. The molecule has 2 aromatic carbocycles. The first-order valence-corrected chi connectivity index (χ1v) is 8.29. The summed E-state index contributed by atoms with van der Waals surface area (Å²) in [6.45, 7) is 3.34. The number of aromatic carboxylic acids is 1. The fourth-order valence-electron chi connectivity index (χ4n) is 2.84. The van der Waals surface area contributed by atoms with Gasteiger partial charge in [-0.15, -0.1) is 12.4 Å². The SMILES string of the molecule is Cl.O=C(O)c1ccc(CN(C(=O)N2CCNCC2)c2ccccc2)cc1. The van der Waals surface area contributed by atoms with Gasteiger partial charge in [0.15, 0.2) is 0 Å². The number of piperazine rings is 1. The van der Waals surface area contributed by atoms with Crippen LogP contribution in [0.1, 0.15) is 15.9 Å². The van der Waals surface area contributed by atoms with E-state index in [1.54, 1.807) is 29.2 Å². The molecule has 26 heavy (non-hydrogen) atoms. The molecule has 2 amide bonds. The number of nitrogens with zero attached hydrogens (tertiary/aromatic N) is 2. The minimum absolute atomic E-state index is 0. The van der Waals surface area contributed by atoms with Crippen molar-refractivity contribution in [2.75, 3.05) is 31.1 Å². The topological polar surface area (TPSA) is 72.9 Å². The third-order valence-corrected chi connectivity index (χ3v) is 4.23. The number of anilines is 1. The highest BCUT2D eigenvalue weighted by molar-refractivity contribution is 5.92. The van der Waals surface area contributed by atoms with Crippen LogP contribution in [0.3, 0.4) is 0 Å². The van der Waals surface area contributed by atoms with Crippen molar-refractivity contribution < 1.29 is 14.7 Å². The van der Waals surface area contributed by atoms with E-state index in [9.17, 15) is 9.59 Å². The summed E-state index contributed by atoms with van der Waals surface area (Å²) < 4.78 is 0. The molecule has 7 heteroatoms. The number of benzene rings is 2. The number of carbonyl (C=O) groups is 2. The Balaban J connectivity index is 0.00000243. The minimum atomic E-state index is -0.955. The molecule has 1 aliphatic heterocycles. The molecule has 1 heterocycles. The predicted molar refractivity (Wildman–Crippen MR) is 103 cm³/mol. The summed E-state index contributed by atoms with van der Waals surface area (Å²) in [7, 11) is 0. The van der Waals surface area contributed by atoms with Crippen LogP contribution in [0.4, 0.5) is 10.5 Å². The number of urea groups is 1. The number of carbonyl (C=O) groups excluding carboxylic acids is 1. The third kappa shape index (κ3) is 4.74. The Labute approximate surface area is 158 Å². The number of rotatable bonds is 4. The van der Waals surface area contributed by atoms with Crippen LogP contribution in [0.5, 0.6) is 0 Å². The van der Waals surface area contributed by atoms with Crippen LogP contribution in [0.15, 0.2) is 54.6 Å². The first kappa shape index (κ1) is 19.8. The number of amides is 2. The summed E-state index contributed by atoms with van der Waals surface area (Å²) >= 11 is 0. The van der Waals surface area contributed by atoms with Crippen molar-refractivity contribution >= 4 is 30.1 Å². The van der Waals surface area contributed by atoms with Crippen molar-refractivity contribution in [1.29, 1.82) is 0 Å². The van der Waals surface area contributed by atoms with Crippen molar-refractivity contribution in [2.45, 2.75) is 6.54 Å². The normalized spacial score (nSPS) is 13.6. The van der Waals surface area contributed by atoms with Gasteiger partial charge in [-0.1, -0.05) is 30.3 Å². The van der Waals surface area contributed by atoms with Crippen molar-refractivity contribution in [3.05, 3.63) is 65.7 Å². The van der Waals surface area contributed by atoms with Crippen molar-refractivity contribution in [3.63, 3.8) is 0 Å². The highest BCUT2D eigenvalue weighted by Gasteiger charge is 2.23. The van der Waals surface area contributed by atoms with Gasteiger partial charge in [-0.25, -0.2) is 9.59 Å². The largest absolute Gasteiger partial charge is 0.478 e. The van der Waals surface area contributed by atoms with E-state index in [1.807, 2.05) is 35.2 Å². The lowest BCUT2D eigenvalue weighted by molar-refractivity contribution is 0.0697. The average molecular weight is 376 g/mol. The maximum absolute atomic E-state index is 13.0. The number of hydrogen-bond donors (Lipinski definition) is 2. The second-order valence-electron chi connectivity index (χ2n) is 5.94. The summed E-state index contributed by atoms with van der Waals surface area (Å²) in [5, 5.41) is 12.3. The van der Waals surface area contributed by atoms with Crippen LogP contribution >= 0.6 is 12.4 Å². The van der Waals surface area contributed by atoms with E-state index >= 15 is 0 Å². The fraction of sp³-hybridized carbons (Fsp3) is 0.263. The molecule has 0 radical (unpaired) electrons. The molecule has 0 unspecified atom stereocenters. The van der Waals surface area contributed by atoms with E-state index in [0.29, 0.717) is 19.6 Å². The van der Waals surface area contributed by atoms with Crippen LogP contribution in [0.2, 0.25) is 0 Å². The number of hydrogen-bond acceptors (Lipinski definition) is 3. The Morgan fingerprint density at radius 3 is 2.19 bits per heavy atom. The first-order chi connectivity index (χ1) is 12.1. The average Bonchev–Trinajstić information content (AvgIpc) is 2.67. The molecule has 138 valence electrons. The highest BCUT2D eigenvalue weighted by Crippen LogP contribution is 2.19. The van der Waals surface area contributed by atoms with Gasteiger partial charge in [-0.2, -0.15) is 0 Å². The molecule has 3 rings (SSSR count). The summed E-state index contributed by atoms with van der Waals surface area (Å²) in [6.07, 6.45) is 0. The van der Waals surface area contributed by atoms with E-state index in [2.05, 4.69) is 5.32 Å². The van der Waals surface area contributed by atoms with Gasteiger partial charge in [0.25, 0.3) is 0 Å². The van der Waals surface area contributed by atoms with Crippen LogP contribution in [-0.2, 0) is 6.54 Å². The molecule has 1 saturated heterocycles. The molecule has 0 spiro atoms. The Bertz CT molecular complexity index is 731. The zero-order valence-corrected chi connectivity index (χ0v) is 15.1. The molecule has 2 aromatic rings. The standard InChI is InChI=1S/C19H21N3O3.ClH/c23-18(24)16-8-6-15(7-9-16)14-22(17-4-2-1-3-5-17)19(25)21-12-10-20-11-13-21;/h1-9,20H,10-14H2,(H,23,24);1H. The molecule has 6 nitrogen and oxygen atoms in total. The van der Waals surface area contributed by atoms with Crippen molar-refractivity contribution in [3.8, 4) is 0 Å². The lowest BCUT2D eigenvalue weighted by Gasteiger charge is -2.33. The molecular formula is C19H22ClN3O3. The summed E-state index contributed by atoms with van der Waals surface area (Å²) in [4.78, 5) is 27.6. The van der Waals surface area contributed by atoms with Crippen LogP contribution in [0.25, 0.3) is 0 Å². The number of halogens is 1. The maximum Gasteiger partial charge on any atom is 0.335 e. The molecule has 2 N–H and O–H groups in total. The van der Waals surface area contributed by atoms with Crippen LogP contribution < -0.4 is 10.2 Å². The molecule has 0 saturated carbocycles. The second-order valence-corrected chi connectivity index (χ2v) is 5.94. The van der Waals surface area contributed by atoms with Crippen molar-refractivity contribution in [1.82, 2.24) is 10.2 Å². The molecule has 0 aromatic heterocycles. The summed E-state index contributed by atoms with van der Waals surface area (Å²) in [5.74, 6) is -0.955. The summed E-state index contributed by atoms with van der Waals surface area (Å²) in [6, 6.07) is 16.1. The van der Waals surface area contributed by atoms with Crippen LogP contribution in [-0.4, -0.2) is 48.2 Å². The molecular weight excluding hydrogens is 354 g/mol. The monoisotopic (exact) mass is 375 g/mol. The lowest BCUT2D eigenvalue weighted by atomic mass is 10.1.